The van der Waals surface area contributed by atoms with Crippen LogP contribution in [0, 0.1) is 0 Å². The first-order chi connectivity index (χ1) is 7.73. The fraction of sp³-hybridized carbons (Fsp3) is 0.385. The fourth-order valence-corrected chi connectivity index (χ4v) is 1.79. The monoisotopic (exact) mass is 235 g/mol. The summed E-state index contributed by atoms with van der Waals surface area (Å²) < 4.78 is 0. The van der Waals surface area contributed by atoms with Crippen LogP contribution < -0.4 is 4.90 Å². The molecule has 0 atom stereocenters. The topological polar surface area (TPSA) is 57.6 Å². The van der Waals surface area contributed by atoms with E-state index in [1.807, 2.05) is 20.8 Å². The molecule has 0 bridgehead atoms. The van der Waals surface area contributed by atoms with Crippen LogP contribution in [0.2, 0.25) is 0 Å². The molecule has 0 heterocycles. The van der Waals surface area contributed by atoms with Gasteiger partial charge in [-0.2, -0.15) is 0 Å². The van der Waals surface area contributed by atoms with Crippen molar-refractivity contribution >= 4 is 17.6 Å². The lowest BCUT2D eigenvalue weighted by Gasteiger charge is -2.35. The molecule has 0 aliphatic heterocycles. The molecule has 1 N–H and O–H groups in total. The molecule has 1 amide bonds. The van der Waals surface area contributed by atoms with E-state index in [-0.39, 0.29) is 17.0 Å². The Balaban J connectivity index is 3.13. The largest absolute Gasteiger partial charge is 0.478 e. The average Bonchev–Trinajstić information content (AvgIpc) is 2.15. The van der Waals surface area contributed by atoms with Crippen molar-refractivity contribution in [2.45, 2.75) is 33.2 Å². The molecule has 92 valence electrons. The highest BCUT2D eigenvalue weighted by atomic mass is 16.4. The molecule has 0 saturated carbocycles. The number of rotatable bonds is 2. The Morgan fingerprint density at radius 1 is 1.12 bits per heavy atom. The summed E-state index contributed by atoms with van der Waals surface area (Å²) in [5, 5.41) is 8.80. The zero-order valence-corrected chi connectivity index (χ0v) is 10.5. The number of carboxylic acids is 1. The summed E-state index contributed by atoms with van der Waals surface area (Å²) in [7, 11) is 0. The summed E-state index contributed by atoms with van der Waals surface area (Å²) >= 11 is 0. The van der Waals surface area contributed by atoms with Crippen LogP contribution in [0.4, 0.5) is 5.69 Å². The van der Waals surface area contributed by atoms with E-state index in [0.29, 0.717) is 5.69 Å². The Labute approximate surface area is 101 Å². The van der Waals surface area contributed by atoms with Crippen molar-refractivity contribution in [3.05, 3.63) is 29.8 Å². The Morgan fingerprint density at radius 2 is 1.59 bits per heavy atom. The summed E-state index contributed by atoms with van der Waals surface area (Å²) in [4.78, 5) is 24.0. The van der Waals surface area contributed by atoms with Gasteiger partial charge >= 0.3 is 5.97 Å². The van der Waals surface area contributed by atoms with Crippen LogP contribution in [0.25, 0.3) is 0 Å². The van der Waals surface area contributed by atoms with Crippen LogP contribution in [0.15, 0.2) is 24.3 Å². The Morgan fingerprint density at radius 3 is 1.88 bits per heavy atom. The molecule has 0 spiro atoms. The molecule has 0 unspecified atom stereocenters. The predicted octanol–water partition coefficient (Wildman–Crippen LogP) is 2.54. The van der Waals surface area contributed by atoms with Crippen LogP contribution in [0.1, 0.15) is 38.1 Å². The molecule has 0 fully saturated rings. The number of carboxylic acid groups (broad SMARTS) is 1. The Kier molecular flexibility index (Phi) is 3.56. The van der Waals surface area contributed by atoms with E-state index in [0.717, 1.165) is 0 Å². The van der Waals surface area contributed by atoms with Crippen molar-refractivity contribution in [2.75, 3.05) is 4.90 Å². The van der Waals surface area contributed by atoms with Crippen molar-refractivity contribution in [2.24, 2.45) is 0 Å². The summed E-state index contributed by atoms with van der Waals surface area (Å²) in [6.45, 7) is 7.29. The van der Waals surface area contributed by atoms with Crippen molar-refractivity contribution in [1.82, 2.24) is 0 Å². The van der Waals surface area contributed by atoms with Crippen LogP contribution in [0.5, 0.6) is 0 Å². The SMILES string of the molecule is CC(=O)N(c1ccc(C(=O)O)cc1)C(C)(C)C. The van der Waals surface area contributed by atoms with Gasteiger partial charge in [-0.1, -0.05) is 0 Å². The molecule has 1 aromatic rings. The van der Waals surface area contributed by atoms with E-state index in [9.17, 15) is 9.59 Å². The van der Waals surface area contributed by atoms with E-state index >= 15 is 0 Å². The zero-order valence-electron chi connectivity index (χ0n) is 10.5. The second-order valence-corrected chi connectivity index (χ2v) is 4.88. The molecule has 1 aromatic carbocycles. The lowest BCUT2D eigenvalue weighted by molar-refractivity contribution is -0.117. The lowest BCUT2D eigenvalue weighted by Crippen LogP contribution is -2.44. The van der Waals surface area contributed by atoms with Crippen molar-refractivity contribution in [1.29, 1.82) is 0 Å². The first kappa shape index (κ1) is 13.2. The fourth-order valence-electron chi connectivity index (χ4n) is 1.79. The molecule has 0 saturated heterocycles. The minimum atomic E-state index is -0.971. The van der Waals surface area contributed by atoms with E-state index in [2.05, 4.69) is 0 Å². The molecule has 0 aromatic heterocycles. The number of hydrogen-bond donors (Lipinski definition) is 1. The summed E-state index contributed by atoms with van der Waals surface area (Å²) in [5.74, 6) is -1.04. The van der Waals surface area contributed by atoms with Gasteiger partial charge in [-0.25, -0.2) is 4.79 Å². The second kappa shape index (κ2) is 4.57. The average molecular weight is 235 g/mol. The number of carbonyl (C=O) groups excluding carboxylic acids is 1. The molecule has 17 heavy (non-hydrogen) atoms. The third-order valence-corrected chi connectivity index (χ3v) is 2.36. The third-order valence-electron chi connectivity index (χ3n) is 2.36. The van der Waals surface area contributed by atoms with E-state index < -0.39 is 5.97 Å². The highest BCUT2D eigenvalue weighted by Crippen LogP contribution is 2.24. The highest BCUT2D eigenvalue weighted by Gasteiger charge is 2.25. The molecule has 0 aliphatic rings. The van der Waals surface area contributed by atoms with Crippen LogP contribution in [0.3, 0.4) is 0 Å². The van der Waals surface area contributed by atoms with Gasteiger partial charge in [0.05, 0.1) is 5.56 Å². The first-order valence-corrected chi connectivity index (χ1v) is 5.37. The van der Waals surface area contributed by atoms with Gasteiger partial charge in [-0.15, -0.1) is 0 Å². The number of hydrogen-bond acceptors (Lipinski definition) is 2. The van der Waals surface area contributed by atoms with Gasteiger partial charge in [0.25, 0.3) is 0 Å². The van der Waals surface area contributed by atoms with Crippen molar-refractivity contribution < 1.29 is 14.7 Å². The maximum absolute atomic E-state index is 11.6. The summed E-state index contributed by atoms with van der Waals surface area (Å²) in [6, 6.07) is 6.30. The van der Waals surface area contributed by atoms with Gasteiger partial charge < -0.3 is 10.0 Å². The summed E-state index contributed by atoms with van der Waals surface area (Å²) in [5.41, 5.74) is 0.581. The molecule has 4 nitrogen and oxygen atoms in total. The second-order valence-electron chi connectivity index (χ2n) is 4.88. The maximum atomic E-state index is 11.6. The Bertz CT molecular complexity index is 429. The number of anilines is 1. The quantitative estimate of drug-likeness (QED) is 0.857. The van der Waals surface area contributed by atoms with Crippen LogP contribution in [-0.4, -0.2) is 22.5 Å². The van der Waals surface area contributed by atoms with E-state index in [1.165, 1.54) is 19.1 Å². The highest BCUT2D eigenvalue weighted by molar-refractivity contribution is 5.94. The van der Waals surface area contributed by atoms with Gasteiger partial charge in [0.1, 0.15) is 0 Å². The standard InChI is InChI=1S/C13H17NO3/c1-9(15)14(13(2,3)4)11-7-5-10(6-8-11)12(16)17/h5-8H,1-4H3,(H,16,17). The molecular weight excluding hydrogens is 218 g/mol. The molecule has 0 aliphatic carbocycles. The number of amides is 1. The molecule has 4 heteroatoms. The molecule has 1 rings (SSSR count). The lowest BCUT2D eigenvalue weighted by atomic mass is 10.0. The van der Waals surface area contributed by atoms with Crippen LogP contribution >= 0.6 is 0 Å². The zero-order chi connectivity index (χ0) is 13.2. The minimum Gasteiger partial charge on any atom is -0.478 e. The maximum Gasteiger partial charge on any atom is 0.335 e. The van der Waals surface area contributed by atoms with Crippen molar-refractivity contribution in [3.63, 3.8) is 0 Å². The number of carbonyl (C=O) groups is 2. The van der Waals surface area contributed by atoms with Crippen molar-refractivity contribution in [3.8, 4) is 0 Å². The first-order valence-electron chi connectivity index (χ1n) is 5.37. The van der Waals surface area contributed by atoms with E-state index in [4.69, 9.17) is 5.11 Å². The predicted molar refractivity (Wildman–Crippen MR) is 66.3 cm³/mol. The minimum absolute atomic E-state index is 0.0689. The number of nitrogens with zero attached hydrogens (tertiary/aromatic N) is 1. The van der Waals surface area contributed by atoms with Crippen LogP contribution in [-0.2, 0) is 4.79 Å². The smallest absolute Gasteiger partial charge is 0.335 e. The number of aromatic carboxylic acids is 1. The molecular formula is C13H17NO3. The van der Waals surface area contributed by atoms with Gasteiger partial charge in [-0.05, 0) is 45.0 Å². The van der Waals surface area contributed by atoms with Gasteiger partial charge in [0.15, 0.2) is 0 Å². The molecule has 0 radical (unpaired) electrons. The number of benzene rings is 1. The summed E-state index contributed by atoms with van der Waals surface area (Å²) in [6.07, 6.45) is 0. The van der Waals surface area contributed by atoms with Gasteiger partial charge in [-0.3, -0.25) is 4.79 Å². The van der Waals surface area contributed by atoms with E-state index in [1.54, 1.807) is 17.0 Å². The Hall–Kier alpha value is -1.84. The van der Waals surface area contributed by atoms with Gasteiger partial charge in [0.2, 0.25) is 5.91 Å². The van der Waals surface area contributed by atoms with Gasteiger partial charge in [0, 0.05) is 18.2 Å². The third kappa shape index (κ3) is 3.06. The normalized spacial score (nSPS) is 11.1.